The highest BCUT2D eigenvalue weighted by molar-refractivity contribution is 5.64. The second-order valence-electron chi connectivity index (χ2n) is 8.47. The third-order valence-corrected chi connectivity index (χ3v) is 6.37. The number of benzene rings is 4. The maximum absolute atomic E-state index is 12.0. The van der Waals surface area contributed by atoms with Gasteiger partial charge in [-0.25, -0.2) is 0 Å². The standard InChI is InChI=1S/C32H24O4/c1-35-25-15-11-23(12-16-25)19-21-31(33)27-7-3-5-9-29(27)32(34,30-10-6-4-8-28(30)31)22-20-24-13-17-26(36-2)18-14-24/h3-18,33-34H,1-2H3. The van der Waals surface area contributed by atoms with Gasteiger partial charge in [0.05, 0.1) is 14.2 Å². The fraction of sp³-hybridized carbons (Fsp3) is 0.125. The van der Waals surface area contributed by atoms with E-state index in [4.69, 9.17) is 9.47 Å². The summed E-state index contributed by atoms with van der Waals surface area (Å²) in [6.07, 6.45) is 0. The third kappa shape index (κ3) is 4.00. The molecule has 0 saturated carbocycles. The van der Waals surface area contributed by atoms with Crippen molar-refractivity contribution >= 4 is 0 Å². The topological polar surface area (TPSA) is 58.9 Å². The van der Waals surface area contributed by atoms with Crippen LogP contribution in [0.15, 0.2) is 97.1 Å². The van der Waals surface area contributed by atoms with Crippen LogP contribution in [-0.2, 0) is 11.2 Å². The van der Waals surface area contributed by atoms with Crippen LogP contribution in [0.25, 0.3) is 0 Å². The first-order valence-electron chi connectivity index (χ1n) is 11.5. The lowest BCUT2D eigenvalue weighted by molar-refractivity contribution is 0.0944. The van der Waals surface area contributed by atoms with Gasteiger partial charge in [0.1, 0.15) is 11.5 Å². The fourth-order valence-electron chi connectivity index (χ4n) is 4.46. The van der Waals surface area contributed by atoms with Gasteiger partial charge in [0.25, 0.3) is 0 Å². The van der Waals surface area contributed by atoms with E-state index in [2.05, 4.69) is 23.7 Å². The quantitative estimate of drug-likeness (QED) is 0.419. The average Bonchev–Trinajstić information content (AvgIpc) is 2.94. The van der Waals surface area contributed by atoms with E-state index in [-0.39, 0.29) is 0 Å². The molecule has 1 aliphatic rings. The van der Waals surface area contributed by atoms with E-state index in [1.807, 2.05) is 72.8 Å². The van der Waals surface area contributed by atoms with Crippen molar-refractivity contribution in [2.45, 2.75) is 11.2 Å². The first-order valence-corrected chi connectivity index (χ1v) is 11.5. The highest BCUT2D eigenvalue weighted by Crippen LogP contribution is 2.47. The highest BCUT2D eigenvalue weighted by Gasteiger charge is 2.48. The predicted molar refractivity (Wildman–Crippen MR) is 139 cm³/mol. The Bertz CT molecular complexity index is 1360. The smallest absolute Gasteiger partial charge is 0.178 e. The van der Waals surface area contributed by atoms with Gasteiger partial charge >= 0.3 is 0 Å². The first-order chi connectivity index (χ1) is 17.5. The summed E-state index contributed by atoms with van der Waals surface area (Å²) in [4.78, 5) is 0. The molecule has 1 aliphatic carbocycles. The van der Waals surface area contributed by atoms with Crippen LogP contribution >= 0.6 is 0 Å². The minimum absolute atomic E-state index is 0.497. The van der Waals surface area contributed by atoms with Crippen LogP contribution in [0.4, 0.5) is 0 Å². The Morgan fingerprint density at radius 3 is 1.08 bits per heavy atom. The van der Waals surface area contributed by atoms with Gasteiger partial charge in [-0.15, -0.1) is 0 Å². The predicted octanol–water partition coefficient (Wildman–Crippen LogP) is 4.59. The van der Waals surface area contributed by atoms with Crippen molar-refractivity contribution in [3.05, 3.63) is 130 Å². The molecule has 0 atom stereocenters. The molecule has 0 radical (unpaired) electrons. The fourth-order valence-corrected chi connectivity index (χ4v) is 4.46. The van der Waals surface area contributed by atoms with E-state index in [9.17, 15) is 10.2 Å². The van der Waals surface area contributed by atoms with E-state index in [1.54, 1.807) is 38.5 Å². The molecule has 4 aromatic rings. The highest BCUT2D eigenvalue weighted by atomic mass is 16.5. The number of hydrogen-bond acceptors (Lipinski definition) is 4. The number of aliphatic hydroxyl groups is 2. The van der Waals surface area contributed by atoms with E-state index >= 15 is 0 Å². The van der Waals surface area contributed by atoms with Crippen LogP contribution in [0, 0.1) is 23.7 Å². The minimum Gasteiger partial charge on any atom is -0.497 e. The molecule has 0 bridgehead atoms. The summed E-state index contributed by atoms with van der Waals surface area (Å²) in [6.45, 7) is 0. The summed E-state index contributed by atoms with van der Waals surface area (Å²) >= 11 is 0. The van der Waals surface area contributed by atoms with Crippen LogP contribution in [0.2, 0.25) is 0 Å². The van der Waals surface area contributed by atoms with E-state index < -0.39 is 11.2 Å². The van der Waals surface area contributed by atoms with Crippen molar-refractivity contribution in [3.8, 4) is 35.2 Å². The second kappa shape index (κ2) is 9.29. The summed E-state index contributed by atoms with van der Waals surface area (Å²) in [7, 11) is 3.22. The molecule has 36 heavy (non-hydrogen) atoms. The van der Waals surface area contributed by atoms with Crippen molar-refractivity contribution in [2.24, 2.45) is 0 Å². The lowest BCUT2D eigenvalue weighted by atomic mass is 9.68. The van der Waals surface area contributed by atoms with Crippen LogP contribution in [0.3, 0.4) is 0 Å². The average molecular weight is 473 g/mol. The number of fused-ring (bicyclic) bond motifs is 2. The van der Waals surface area contributed by atoms with Crippen LogP contribution < -0.4 is 9.47 Å². The van der Waals surface area contributed by atoms with Gasteiger partial charge in [-0.3, -0.25) is 0 Å². The molecular weight excluding hydrogens is 448 g/mol. The normalized spacial score (nSPS) is 19.4. The van der Waals surface area contributed by atoms with E-state index in [0.29, 0.717) is 22.3 Å². The maximum Gasteiger partial charge on any atom is 0.178 e. The van der Waals surface area contributed by atoms with Crippen molar-refractivity contribution in [2.75, 3.05) is 14.2 Å². The lowest BCUT2D eigenvalue weighted by Gasteiger charge is -2.39. The van der Waals surface area contributed by atoms with Gasteiger partial charge < -0.3 is 19.7 Å². The summed E-state index contributed by atoms with van der Waals surface area (Å²) in [5, 5.41) is 24.1. The molecule has 0 unspecified atom stereocenters. The van der Waals surface area contributed by atoms with Crippen LogP contribution in [0.5, 0.6) is 11.5 Å². The Morgan fingerprint density at radius 1 is 0.500 bits per heavy atom. The van der Waals surface area contributed by atoms with Gasteiger partial charge in [0.15, 0.2) is 11.2 Å². The zero-order valence-electron chi connectivity index (χ0n) is 19.9. The van der Waals surface area contributed by atoms with Crippen molar-refractivity contribution in [1.82, 2.24) is 0 Å². The number of methoxy groups -OCH3 is 2. The zero-order chi connectivity index (χ0) is 25.2. The second-order valence-corrected chi connectivity index (χ2v) is 8.47. The molecule has 5 rings (SSSR count). The monoisotopic (exact) mass is 472 g/mol. The molecule has 2 N–H and O–H groups in total. The Hall–Kier alpha value is -4.48. The number of ether oxygens (including phenoxy) is 2. The molecule has 0 saturated heterocycles. The number of hydrogen-bond donors (Lipinski definition) is 2. The molecule has 0 heterocycles. The molecule has 176 valence electrons. The van der Waals surface area contributed by atoms with E-state index in [1.165, 1.54) is 0 Å². The van der Waals surface area contributed by atoms with E-state index in [0.717, 1.165) is 22.6 Å². The molecule has 0 amide bonds. The molecule has 0 spiro atoms. The largest absolute Gasteiger partial charge is 0.497 e. The molecule has 4 aromatic carbocycles. The summed E-state index contributed by atoms with van der Waals surface area (Å²) in [5.74, 6) is 13.8. The third-order valence-electron chi connectivity index (χ3n) is 6.37. The molecule has 4 heteroatoms. The van der Waals surface area contributed by atoms with Crippen molar-refractivity contribution in [1.29, 1.82) is 0 Å². The maximum atomic E-state index is 12.0. The molecular formula is C32H24O4. The SMILES string of the molecule is COc1ccc(C#CC2(O)c3ccccc3C(O)(C#Cc3ccc(OC)cc3)c3ccccc32)cc1. The van der Waals surface area contributed by atoms with Gasteiger partial charge in [-0.2, -0.15) is 0 Å². The number of rotatable bonds is 2. The molecule has 4 nitrogen and oxygen atoms in total. The Kier molecular flexibility index (Phi) is 6.00. The van der Waals surface area contributed by atoms with Gasteiger partial charge in [-0.05, 0) is 48.5 Å². The van der Waals surface area contributed by atoms with Crippen LogP contribution in [-0.4, -0.2) is 24.4 Å². The zero-order valence-corrected chi connectivity index (χ0v) is 19.9. The van der Waals surface area contributed by atoms with Gasteiger partial charge in [0.2, 0.25) is 0 Å². The van der Waals surface area contributed by atoms with Crippen molar-refractivity contribution in [3.63, 3.8) is 0 Å². The molecule has 0 aliphatic heterocycles. The van der Waals surface area contributed by atoms with Gasteiger partial charge in [0, 0.05) is 33.4 Å². The minimum atomic E-state index is -1.64. The summed E-state index contributed by atoms with van der Waals surface area (Å²) < 4.78 is 10.4. The lowest BCUT2D eigenvalue weighted by Crippen LogP contribution is -2.41. The van der Waals surface area contributed by atoms with Crippen LogP contribution in [0.1, 0.15) is 33.4 Å². The Morgan fingerprint density at radius 2 is 0.806 bits per heavy atom. The Labute approximate surface area is 210 Å². The first kappa shape index (κ1) is 23.3. The van der Waals surface area contributed by atoms with Crippen molar-refractivity contribution < 1.29 is 19.7 Å². The molecule has 0 fully saturated rings. The molecule has 0 aromatic heterocycles. The summed E-state index contributed by atoms with van der Waals surface area (Å²) in [5.41, 5.74) is 0.182. The summed E-state index contributed by atoms with van der Waals surface area (Å²) in [6, 6.07) is 29.1. The van der Waals surface area contributed by atoms with Gasteiger partial charge in [-0.1, -0.05) is 72.2 Å². The Balaban J connectivity index is 1.66.